The number of halogens is 1. The van der Waals surface area contributed by atoms with Crippen molar-refractivity contribution in [2.24, 2.45) is 5.92 Å². The first-order chi connectivity index (χ1) is 9.75. The van der Waals surface area contributed by atoms with Gasteiger partial charge in [-0.25, -0.2) is 0 Å². The molecule has 110 valence electrons. The molecule has 2 aliphatic heterocycles. The van der Waals surface area contributed by atoms with Gasteiger partial charge in [0, 0.05) is 17.5 Å². The molecule has 20 heavy (non-hydrogen) atoms. The van der Waals surface area contributed by atoms with Crippen LogP contribution in [-0.2, 0) is 6.42 Å². The van der Waals surface area contributed by atoms with Crippen molar-refractivity contribution in [1.29, 1.82) is 0 Å². The third-order valence-corrected chi connectivity index (χ3v) is 4.58. The smallest absolute Gasteiger partial charge is 0.164 e. The monoisotopic (exact) mass is 295 g/mol. The molecule has 1 saturated heterocycles. The van der Waals surface area contributed by atoms with Crippen LogP contribution in [0.4, 0.5) is 0 Å². The van der Waals surface area contributed by atoms with E-state index in [9.17, 15) is 0 Å². The van der Waals surface area contributed by atoms with Crippen molar-refractivity contribution in [3.05, 3.63) is 22.2 Å². The number of nitrogens with one attached hydrogen (secondary N) is 1. The largest absolute Gasteiger partial charge is 0.489 e. The van der Waals surface area contributed by atoms with E-state index < -0.39 is 0 Å². The van der Waals surface area contributed by atoms with Crippen LogP contribution in [0, 0.1) is 12.8 Å². The van der Waals surface area contributed by atoms with Gasteiger partial charge in [-0.3, -0.25) is 0 Å². The Morgan fingerprint density at radius 3 is 2.95 bits per heavy atom. The fraction of sp³-hybridized carbons (Fsp3) is 0.625. The van der Waals surface area contributed by atoms with E-state index in [4.69, 9.17) is 21.1 Å². The highest BCUT2D eigenvalue weighted by Gasteiger charge is 2.22. The lowest BCUT2D eigenvalue weighted by molar-refractivity contribution is 0.296. The van der Waals surface area contributed by atoms with Gasteiger partial charge < -0.3 is 14.8 Å². The molecule has 0 saturated carbocycles. The fourth-order valence-corrected chi connectivity index (χ4v) is 3.43. The molecule has 0 spiro atoms. The predicted molar refractivity (Wildman–Crippen MR) is 81.1 cm³/mol. The molecule has 4 heteroatoms. The standard InChI is InChI=1S/C16H22ClNO2/c1-11-13(8-12-4-2-5-18-10-12)14(17)9-15-16(11)20-7-3-6-19-15/h9,12,18H,2-8,10H2,1H3. The molecule has 2 aliphatic rings. The molecule has 1 fully saturated rings. The Kier molecular flexibility index (Phi) is 4.37. The van der Waals surface area contributed by atoms with Crippen molar-refractivity contribution >= 4 is 11.6 Å². The molecule has 0 aromatic heterocycles. The number of hydrogen-bond acceptors (Lipinski definition) is 3. The molecular formula is C16H22ClNO2. The van der Waals surface area contributed by atoms with Crippen LogP contribution in [0.25, 0.3) is 0 Å². The van der Waals surface area contributed by atoms with Gasteiger partial charge in [-0.15, -0.1) is 0 Å². The molecule has 1 N–H and O–H groups in total. The lowest BCUT2D eigenvalue weighted by Crippen LogP contribution is -2.31. The van der Waals surface area contributed by atoms with Crippen LogP contribution in [-0.4, -0.2) is 26.3 Å². The Balaban J connectivity index is 1.88. The van der Waals surface area contributed by atoms with Gasteiger partial charge in [0.05, 0.1) is 13.2 Å². The minimum absolute atomic E-state index is 0.671. The zero-order chi connectivity index (χ0) is 13.9. The van der Waals surface area contributed by atoms with E-state index in [1.807, 2.05) is 6.07 Å². The molecule has 0 radical (unpaired) electrons. The van der Waals surface area contributed by atoms with E-state index in [0.717, 1.165) is 54.6 Å². The van der Waals surface area contributed by atoms with Gasteiger partial charge in [0.1, 0.15) is 0 Å². The predicted octanol–water partition coefficient (Wildman–Crippen LogP) is 3.35. The molecule has 1 atom stereocenters. The number of hydrogen-bond donors (Lipinski definition) is 1. The Morgan fingerprint density at radius 2 is 2.15 bits per heavy atom. The number of rotatable bonds is 2. The second kappa shape index (κ2) is 6.23. The van der Waals surface area contributed by atoms with Crippen LogP contribution < -0.4 is 14.8 Å². The van der Waals surface area contributed by atoms with Crippen molar-refractivity contribution in [3.63, 3.8) is 0 Å². The van der Waals surface area contributed by atoms with Gasteiger partial charge in [0.2, 0.25) is 0 Å². The van der Waals surface area contributed by atoms with Gasteiger partial charge in [0.15, 0.2) is 11.5 Å². The molecule has 1 aromatic carbocycles. The molecule has 0 aliphatic carbocycles. The highest BCUT2D eigenvalue weighted by Crippen LogP contribution is 2.40. The van der Waals surface area contributed by atoms with Gasteiger partial charge in [0.25, 0.3) is 0 Å². The van der Waals surface area contributed by atoms with E-state index in [1.165, 1.54) is 18.4 Å². The first kappa shape index (κ1) is 14.0. The quantitative estimate of drug-likeness (QED) is 0.907. The summed E-state index contributed by atoms with van der Waals surface area (Å²) in [6.07, 6.45) is 4.48. The van der Waals surface area contributed by atoms with E-state index in [-0.39, 0.29) is 0 Å². The van der Waals surface area contributed by atoms with E-state index in [2.05, 4.69) is 12.2 Å². The van der Waals surface area contributed by atoms with Crippen molar-refractivity contribution in [1.82, 2.24) is 5.32 Å². The topological polar surface area (TPSA) is 30.5 Å². The maximum atomic E-state index is 6.48. The van der Waals surface area contributed by atoms with Crippen LogP contribution in [0.5, 0.6) is 11.5 Å². The molecule has 3 rings (SSSR count). The Labute approximate surface area is 125 Å². The number of benzene rings is 1. The highest BCUT2D eigenvalue weighted by atomic mass is 35.5. The third-order valence-electron chi connectivity index (χ3n) is 4.25. The molecule has 0 bridgehead atoms. The first-order valence-corrected chi connectivity index (χ1v) is 7.92. The molecular weight excluding hydrogens is 274 g/mol. The molecule has 1 aromatic rings. The van der Waals surface area contributed by atoms with Crippen molar-refractivity contribution in [2.75, 3.05) is 26.3 Å². The minimum Gasteiger partial charge on any atom is -0.489 e. The summed E-state index contributed by atoms with van der Waals surface area (Å²) < 4.78 is 11.6. The Morgan fingerprint density at radius 1 is 1.30 bits per heavy atom. The average Bonchev–Trinajstić information content (AvgIpc) is 2.70. The second-order valence-corrected chi connectivity index (χ2v) is 6.16. The summed E-state index contributed by atoms with van der Waals surface area (Å²) in [4.78, 5) is 0. The molecule has 3 nitrogen and oxygen atoms in total. The molecule has 0 amide bonds. The minimum atomic E-state index is 0.671. The summed E-state index contributed by atoms with van der Waals surface area (Å²) in [6, 6.07) is 1.93. The van der Waals surface area contributed by atoms with E-state index in [1.54, 1.807) is 0 Å². The second-order valence-electron chi connectivity index (χ2n) is 5.76. The van der Waals surface area contributed by atoms with E-state index in [0.29, 0.717) is 12.5 Å². The average molecular weight is 296 g/mol. The lowest BCUT2D eigenvalue weighted by atomic mass is 9.90. The number of fused-ring (bicyclic) bond motifs is 1. The van der Waals surface area contributed by atoms with Crippen molar-refractivity contribution in [2.45, 2.75) is 32.6 Å². The van der Waals surface area contributed by atoms with Crippen LogP contribution in [0.1, 0.15) is 30.4 Å². The summed E-state index contributed by atoms with van der Waals surface area (Å²) in [5, 5.41) is 4.28. The van der Waals surface area contributed by atoms with Gasteiger partial charge in [-0.05, 0) is 56.3 Å². The Bertz CT molecular complexity index is 484. The number of ether oxygens (including phenoxy) is 2. The first-order valence-electron chi connectivity index (χ1n) is 7.54. The lowest BCUT2D eigenvalue weighted by Gasteiger charge is -2.24. The van der Waals surface area contributed by atoms with Crippen LogP contribution in [0.15, 0.2) is 6.07 Å². The summed E-state index contributed by atoms with van der Waals surface area (Å²) in [6.45, 7) is 5.76. The summed E-state index contributed by atoms with van der Waals surface area (Å²) in [5.74, 6) is 2.37. The zero-order valence-electron chi connectivity index (χ0n) is 12.0. The normalized spacial score (nSPS) is 22.4. The highest BCUT2D eigenvalue weighted by molar-refractivity contribution is 6.31. The SMILES string of the molecule is Cc1c(CC2CCCNC2)c(Cl)cc2c1OCCCO2. The van der Waals surface area contributed by atoms with Gasteiger partial charge >= 0.3 is 0 Å². The zero-order valence-corrected chi connectivity index (χ0v) is 12.8. The summed E-state index contributed by atoms with van der Waals surface area (Å²) in [5.41, 5.74) is 2.38. The van der Waals surface area contributed by atoms with Crippen molar-refractivity contribution < 1.29 is 9.47 Å². The van der Waals surface area contributed by atoms with Crippen LogP contribution in [0.2, 0.25) is 5.02 Å². The summed E-state index contributed by atoms with van der Waals surface area (Å²) in [7, 11) is 0. The van der Waals surface area contributed by atoms with Crippen LogP contribution in [0.3, 0.4) is 0 Å². The van der Waals surface area contributed by atoms with Gasteiger partial charge in [-0.1, -0.05) is 11.6 Å². The van der Waals surface area contributed by atoms with Crippen molar-refractivity contribution in [3.8, 4) is 11.5 Å². The maximum absolute atomic E-state index is 6.48. The van der Waals surface area contributed by atoms with Gasteiger partial charge in [-0.2, -0.15) is 0 Å². The summed E-state index contributed by atoms with van der Waals surface area (Å²) >= 11 is 6.48. The Hall–Kier alpha value is -0.930. The molecule has 1 unspecified atom stereocenters. The maximum Gasteiger partial charge on any atom is 0.164 e. The fourth-order valence-electron chi connectivity index (χ4n) is 3.11. The number of piperidine rings is 1. The third kappa shape index (κ3) is 2.89. The molecule has 2 heterocycles. The van der Waals surface area contributed by atoms with Crippen LogP contribution >= 0.6 is 11.6 Å². The van der Waals surface area contributed by atoms with E-state index >= 15 is 0 Å².